The maximum atomic E-state index is 13.0. The zero-order valence-corrected chi connectivity index (χ0v) is 17.0. The average molecular weight is 422 g/mol. The van der Waals surface area contributed by atoms with Crippen LogP contribution >= 0.6 is 0 Å². The van der Waals surface area contributed by atoms with Crippen LogP contribution in [0.5, 0.6) is 0 Å². The summed E-state index contributed by atoms with van der Waals surface area (Å²) in [5.41, 5.74) is 1.53. The van der Waals surface area contributed by atoms with Crippen LogP contribution in [0.3, 0.4) is 0 Å². The molecule has 0 saturated carbocycles. The molecule has 2 fully saturated rings. The molecular formula is C23H22N2O6. The molecule has 2 saturated heterocycles. The number of carbonyl (C=O) groups is 2. The zero-order valence-electron chi connectivity index (χ0n) is 17.0. The fourth-order valence-electron chi connectivity index (χ4n) is 4.10. The third-order valence-electron chi connectivity index (χ3n) is 5.69. The second-order valence-electron chi connectivity index (χ2n) is 7.80. The van der Waals surface area contributed by atoms with Gasteiger partial charge in [0.25, 0.3) is 17.4 Å². The SMILES string of the molecule is Cc1ccc(C(O)=C2C(=O)C(=O)N(C[C@@H]3CCCO3)[C@H]2c2cccc([N+](=O)[O-])c2)cc1. The predicted octanol–water partition coefficient (Wildman–Crippen LogP) is 3.50. The van der Waals surface area contributed by atoms with Gasteiger partial charge in [-0.3, -0.25) is 19.7 Å². The normalized spacial score (nSPS) is 22.8. The molecule has 8 nitrogen and oxygen atoms in total. The Hall–Kier alpha value is -3.52. The van der Waals surface area contributed by atoms with E-state index in [1.807, 2.05) is 6.92 Å². The smallest absolute Gasteiger partial charge is 0.295 e. The molecule has 1 N–H and O–H groups in total. The second-order valence-corrected chi connectivity index (χ2v) is 7.80. The van der Waals surface area contributed by atoms with E-state index in [0.29, 0.717) is 17.7 Å². The summed E-state index contributed by atoms with van der Waals surface area (Å²) in [5, 5.41) is 22.3. The van der Waals surface area contributed by atoms with Crippen LogP contribution in [0.25, 0.3) is 5.76 Å². The number of nitrogens with zero attached hydrogens (tertiary/aromatic N) is 2. The second kappa shape index (κ2) is 8.31. The van der Waals surface area contributed by atoms with Gasteiger partial charge in [0.15, 0.2) is 0 Å². The molecule has 1 amide bonds. The summed E-state index contributed by atoms with van der Waals surface area (Å²) in [4.78, 5) is 38.1. The van der Waals surface area contributed by atoms with Crippen molar-refractivity contribution in [3.05, 3.63) is 80.9 Å². The van der Waals surface area contributed by atoms with Crippen molar-refractivity contribution in [1.29, 1.82) is 0 Å². The number of aliphatic hydroxyl groups is 1. The summed E-state index contributed by atoms with van der Waals surface area (Å²) in [7, 11) is 0. The molecule has 0 aromatic heterocycles. The van der Waals surface area contributed by atoms with Gasteiger partial charge in [0.05, 0.1) is 22.6 Å². The lowest BCUT2D eigenvalue weighted by Gasteiger charge is -2.27. The van der Waals surface area contributed by atoms with Crippen molar-refractivity contribution in [2.75, 3.05) is 13.2 Å². The number of ketones is 1. The number of hydrogen-bond donors (Lipinski definition) is 1. The molecule has 4 rings (SSSR count). The number of nitro groups is 1. The van der Waals surface area contributed by atoms with Crippen LogP contribution in [-0.2, 0) is 14.3 Å². The van der Waals surface area contributed by atoms with E-state index < -0.39 is 22.7 Å². The molecule has 0 spiro atoms. The summed E-state index contributed by atoms with van der Waals surface area (Å²) < 4.78 is 5.65. The van der Waals surface area contributed by atoms with Gasteiger partial charge in [0.1, 0.15) is 5.76 Å². The Morgan fingerprint density at radius 2 is 1.97 bits per heavy atom. The fourth-order valence-corrected chi connectivity index (χ4v) is 4.10. The molecule has 2 aliphatic rings. The first kappa shape index (κ1) is 20.7. The minimum Gasteiger partial charge on any atom is -0.507 e. The van der Waals surface area contributed by atoms with E-state index in [-0.39, 0.29) is 29.7 Å². The fraction of sp³-hybridized carbons (Fsp3) is 0.304. The Balaban J connectivity index is 1.85. The molecule has 31 heavy (non-hydrogen) atoms. The van der Waals surface area contributed by atoms with Crippen molar-refractivity contribution in [1.82, 2.24) is 4.90 Å². The number of amides is 1. The molecule has 0 bridgehead atoms. The largest absolute Gasteiger partial charge is 0.507 e. The van der Waals surface area contributed by atoms with Crippen molar-refractivity contribution in [2.45, 2.75) is 31.9 Å². The molecule has 0 unspecified atom stereocenters. The number of nitro benzene ring substituents is 1. The first-order chi connectivity index (χ1) is 14.9. The van der Waals surface area contributed by atoms with E-state index in [1.54, 1.807) is 30.3 Å². The standard InChI is InChI=1S/C23H22N2O6/c1-14-7-9-15(10-8-14)21(26)19-20(16-4-2-5-17(12-16)25(29)30)24(23(28)22(19)27)13-18-6-3-11-31-18/h2,4-5,7-10,12,18,20,26H,3,6,11,13H2,1H3/t18-,20-/m0/s1. The number of likely N-dealkylation sites (tertiary alicyclic amines) is 1. The van der Waals surface area contributed by atoms with Crippen molar-refractivity contribution >= 4 is 23.1 Å². The molecule has 0 aliphatic carbocycles. The maximum absolute atomic E-state index is 13.0. The lowest BCUT2D eigenvalue weighted by atomic mass is 9.94. The number of aryl methyl sites for hydroxylation is 1. The minimum atomic E-state index is -0.939. The molecular weight excluding hydrogens is 400 g/mol. The third kappa shape index (κ3) is 3.94. The van der Waals surface area contributed by atoms with Crippen molar-refractivity contribution in [2.24, 2.45) is 0 Å². The number of benzene rings is 2. The summed E-state index contributed by atoms with van der Waals surface area (Å²) in [6.07, 6.45) is 1.39. The highest BCUT2D eigenvalue weighted by Crippen LogP contribution is 2.40. The van der Waals surface area contributed by atoms with Crippen LogP contribution in [0.1, 0.15) is 35.6 Å². The van der Waals surface area contributed by atoms with Gasteiger partial charge in [-0.1, -0.05) is 42.0 Å². The minimum absolute atomic E-state index is 0.0765. The first-order valence-electron chi connectivity index (χ1n) is 10.1. The van der Waals surface area contributed by atoms with Gasteiger partial charge in [0, 0.05) is 30.8 Å². The molecule has 0 radical (unpaired) electrons. The molecule has 8 heteroatoms. The summed E-state index contributed by atoms with van der Waals surface area (Å²) in [6.45, 7) is 2.65. The van der Waals surface area contributed by atoms with Crippen LogP contribution in [0, 0.1) is 17.0 Å². The van der Waals surface area contributed by atoms with E-state index in [1.165, 1.54) is 23.1 Å². The number of non-ortho nitro benzene ring substituents is 1. The lowest BCUT2D eigenvalue weighted by Crippen LogP contribution is -2.36. The van der Waals surface area contributed by atoms with Crippen molar-refractivity contribution in [3.8, 4) is 0 Å². The Bertz CT molecular complexity index is 1070. The molecule has 2 atom stereocenters. The van der Waals surface area contributed by atoms with Crippen molar-refractivity contribution in [3.63, 3.8) is 0 Å². The summed E-state index contributed by atoms with van der Waals surface area (Å²) in [6, 6.07) is 11.8. The zero-order chi connectivity index (χ0) is 22.1. The first-order valence-corrected chi connectivity index (χ1v) is 10.1. The van der Waals surface area contributed by atoms with Crippen LogP contribution in [0.15, 0.2) is 54.1 Å². The number of aliphatic hydroxyl groups excluding tert-OH is 1. The van der Waals surface area contributed by atoms with Crippen LogP contribution < -0.4 is 0 Å². The number of Topliss-reactive ketones (excluding diaryl/α,β-unsaturated/α-hetero) is 1. The van der Waals surface area contributed by atoms with E-state index in [9.17, 15) is 24.8 Å². The number of ether oxygens (including phenoxy) is 1. The molecule has 2 aromatic rings. The van der Waals surface area contributed by atoms with Gasteiger partial charge >= 0.3 is 0 Å². The van der Waals surface area contributed by atoms with Crippen LogP contribution in [0.2, 0.25) is 0 Å². The Labute approximate surface area is 178 Å². The highest BCUT2D eigenvalue weighted by Gasteiger charge is 2.47. The number of carbonyl (C=O) groups excluding carboxylic acids is 2. The van der Waals surface area contributed by atoms with Gasteiger partial charge in [-0.15, -0.1) is 0 Å². The topological polar surface area (TPSA) is 110 Å². The third-order valence-corrected chi connectivity index (χ3v) is 5.69. The maximum Gasteiger partial charge on any atom is 0.295 e. The monoisotopic (exact) mass is 422 g/mol. The number of hydrogen-bond acceptors (Lipinski definition) is 6. The summed E-state index contributed by atoms with van der Waals surface area (Å²) in [5.74, 6) is -1.86. The van der Waals surface area contributed by atoms with Gasteiger partial charge in [0.2, 0.25) is 0 Å². The highest BCUT2D eigenvalue weighted by atomic mass is 16.6. The molecule has 2 aliphatic heterocycles. The lowest BCUT2D eigenvalue weighted by molar-refractivity contribution is -0.384. The van der Waals surface area contributed by atoms with Gasteiger partial charge in [-0.05, 0) is 25.3 Å². The van der Waals surface area contributed by atoms with E-state index >= 15 is 0 Å². The quantitative estimate of drug-likeness (QED) is 0.260. The molecule has 2 aromatic carbocycles. The van der Waals surface area contributed by atoms with Gasteiger partial charge in [-0.25, -0.2) is 0 Å². The van der Waals surface area contributed by atoms with E-state index in [2.05, 4.69) is 0 Å². The highest BCUT2D eigenvalue weighted by molar-refractivity contribution is 6.46. The number of rotatable bonds is 5. The Kier molecular flexibility index (Phi) is 5.56. The van der Waals surface area contributed by atoms with Gasteiger partial charge < -0.3 is 14.7 Å². The summed E-state index contributed by atoms with van der Waals surface area (Å²) >= 11 is 0. The molecule has 2 heterocycles. The van der Waals surface area contributed by atoms with Crippen LogP contribution in [0.4, 0.5) is 5.69 Å². The Morgan fingerprint density at radius 3 is 2.61 bits per heavy atom. The predicted molar refractivity (Wildman–Crippen MR) is 112 cm³/mol. The van der Waals surface area contributed by atoms with Crippen molar-refractivity contribution < 1.29 is 24.4 Å². The Morgan fingerprint density at radius 1 is 1.23 bits per heavy atom. The van der Waals surface area contributed by atoms with E-state index in [4.69, 9.17) is 4.74 Å². The van der Waals surface area contributed by atoms with Gasteiger partial charge in [-0.2, -0.15) is 0 Å². The van der Waals surface area contributed by atoms with Crippen LogP contribution in [-0.4, -0.2) is 45.9 Å². The molecule has 160 valence electrons. The average Bonchev–Trinajstić information content (AvgIpc) is 3.36. The van der Waals surface area contributed by atoms with E-state index in [0.717, 1.165) is 18.4 Å².